The number of nitrogens with two attached hydrogens (primary N) is 1. The van der Waals surface area contributed by atoms with Gasteiger partial charge in [-0.15, -0.1) is 0 Å². The van der Waals surface area contributed by atoms with Crippen molar-refractivity contribution in [2.45, 2.75) is 25.8 Å². The number of hydrogen-bond acceptors (Lipinski definition) is 4. The van der Waals surface area contributed by atoms with Crippen molar-refractivity contribution in [2.75, 3.05) is 5.32 Å². The second kappa shape index (κ2) is 6.19. The Morgan fingerprint density at radius 3 is 2.68 bits per heavy atom. The molecule has 0 saturated heterocycles. The van der Waals surface area contributed by atoms with E-state index in [0.29, 0.717) is 12.5 Å². The van der Waals surface area contributed by atoms with Crippen LogP contribution in [0.3, 0.4) is 0 Å². The molecule has 19 heavy (non-hydrogen) atoms. The number of nitro benzene ring substituents is 1. The molecule has 0 radical (unpaired) electrons. The van der Waals surface area contributed by atoms with Crippen molar-refractivity contribution >= 4 is 17.3 Å². The normalized spacial score (nSPS) is 12.0. The monoisotopic (exact) mass is 273 g/mol. The van der Waals surface area contributed by atoms with Crippen LogP contribution in [-0.4, -0.2) is 16.9 Å². The molecule has 3 N–H and O–H groups in total. The van der Waals surface area contributed by atoms with Gasteiger partial charge in [0.05, 0.1) is 4.92 Å². The summed E-state index contributed by atoms with van der Waals surface area (Å²) in [6, 6.07) is 1.18. The number of carbonyl (C=O) groups is 1. The zero-order chi connectivity index (χ0) is 14.6. The quantitative estimate of drug-likeness (QED) is 0.632. The number of benzene rings is 1. The zero-order valence-corrected chi connectivity index (χ0v) is 10.2. The van der Waals surface area contributed by atoms with Gasteiger partial charge in [-0.1, -0.05) is 0 Å². The maximum absolute atomic E-state index is 13.5. The summed E-state index contributed by atoms with van der Waals surface area (Å²) in [6.07, 6.45) is 0.293. The Bertz CT molecular complexity index is 506. The number of nitro groups is 1. The second-order valence-electron chi connectivity index (χ2n) is 4.08. The van der Waals surface area contributed by atoms with E-state index in [0.717, 1.165) is 6.07 Å². The zero-order valence-electron chi connectivity index (χ0n) is 10.2. The van der Waals surface area contributed by atoms with Gasteiger partial charge in [-0.3, -0.25) is 14.9 Å². The van der Waals surface area contributed by atoms with E-state index >= 15 is 0 Å². The highest BCUT2D eigenvalue weighted by Gasteiger charge is 2.23. The number of amides is 1. The van der Waals surface area contributed by atoms with Gasteiger partial charge in [-0.25, -0.2) is 8.78 Å². The fourth-order valence-corrected chi connectivity index (χ4v) is 1.37. The molecule has 0 fully saturated rings. The summed E-state index contributed by atoms with van der Waals surface area (Å²) in [6.45, 7) is 1.68. The molecule has 104 valence electrons. The van der Waals surface area contributed by atoms with Crippen molar-refractivity contribution in [1.29, 1.82) is 0 Å². The smallest absolute Gasteiger partial charge is 0.296 e. The summed E-state index contributed by atoms with van der Waals surface area (Å²) in [4.78, 5) is 21.3. The van der Waals surface area contributed by atoms with Crippen LogP contribution in [0.2, 0.25) is 0 Å². The SMILES string of the molecule is CC(N)CCC(=O)Nc1c([N+](=O)[O-])ccc(F)c1F. The van der Waals surface area contributed by atoms with Crippen molar-refractivity contribution in [3.05, 3.63) is 33.9 Å². The third-order valence-corrected chi connectivity index (χ3v) is 2.36. The predicted octanol–water partition coefficient (Wildman–Crippen LogP) is 1.94. The molecule has 0 aliphatic rings. The highest BCUT2D eigenvalue weighted by atomic mass is 19.2. The highest BCUT2D eigenvalue weighted by Crippen LogP contribution is 2.29. The predicted molar refractivity (Wildman–Crippen MR) is 64.5 cm³/mol. The summed E-state index contributed by atoms with van der Waals surface area (Å²) in [7, 11) is 0. The minimum atomic E-state index is -1.46. The average molecular weight is 273 g/mol. The van der Waals surface area contributed by atoms with Gasteiger partial charge < -0.3 is 11.1 Å². The number of hydrogen-bond donors (Lipinski definition) is 2. The lowest BCUT2D eigenvalue weighted by atomic mass is 10.2. The standard InChI is InChI=1S/C11H13F2N3O3/c1-6(14)2-5-9(17)15-11-8(16(18)19)4-3-7(12)10(11)13/h3-4,6H,2,5,14H2,1H3,(H,15,17). The number of nitrogens with one attached hydrogen (secondary N) is 1. The van der Waals surface area contributed by atoms with Crippen LogP contribution in [-0.2, 0) is 4.79 Å². The van der Waals surface area contributed by atoms with Crippen molar-refractivity contribution in [1.82, 2.24) is 0 Å². The first kappa shape index (κ1) is 15.0. The molecule has 1 amide bonds. The minimum Gasteiger partial charge on any atom is -0.328 e. The van der Waals surface area contributed by atoms with Crippen LogP contribution in [0, 0.1) is 21.7 Å². The number of anilines is 1. The maximum atomic E-state index is 13.5. The van der Waals surface area contributed by atoms with Gasteiger partial charge in [0, 0.05) is 18.5 Å². The van der Waals surface area contributed by atoms with E-state index in [1.54, 1.807) is 6.92 Å². The Hall–Kier alpha value is -2.09. The van der Waals surface area contributed by atoms with Crippen molar-refractivity contribution in [3.8, 4) is 0 Å². The molecule has 0 bridgehead atoms. The fraction of sp³-hybridized carbons (Fsp3) is 0.364. The third kappa shape index (κ3) is 3.95. The Balaban J connectivity index is 2.96. The molecule has 0 aliphatic carbocycles. The van der Waals surface area contributed by atoms with Gasteiger partial charge in [0.1, 0.15) is 0 Å². The number of nitrogens with zero attached hydrogens (tertiary/aromatic N) is 1. The number of carbonyl (C=O) groups excluding carboxylic acids is 1. The summed E-state index contributed by atoms with van der Waals surface area (Å²) in [5.41, 5.74) is 3.98. The van der Waals surface area contributed by atoms with Gasteiger partial charge in [0.25, 0.3) is 5.69 Å². The topological polar surface area (TPSA) is 98.3 Å². The first-order valence-corrected chi connectivity index (χ1v) is 5.50. The van der Waals surface area contributed by atoms with E-state index < -0.39 is 33.8 Å². The Kier molecular flexibility index (Phi) is 4.87. The van der Waals surface area contributed by atoms with Crippen LogP contribution in [0.5, 0.6) is 0 Å². The molecule has 0 spiro atoms. The number of halogens is 2. The maximum Gasteiger partial charge on any atom is 0.296 e. The third-order valence-electron chi connectivity index (χ3n) is 2.36. The Morgan fingerprint density at radius 1 is 1.53 bits per heavy atom. The van der Waals surface area contributed by atoms with Crippen molar-refractivity contribution < 1.29 is 18.5 Å². The lowest BCUT2D eigenvalue weighted by Gasteiger charge is -2.08. The summed E-state index contributed by atoms with van der Waals surface area (Å²) >= 11 is 0. The largest absolute Gasteiger partial charge is 0.328 e. The minimum absolute atomic E-state index is 0.0369. The first-order valence-electron chi connectivity index (χ1n) is 5.50. The molecule has 8 heteroatoms. The van der Waals surface area contributed by atoms with Gasteiger partial charge in [0.15, 0.2) is 17.3 Å². The summed E-state index contributed by atoms with van der Waals surface area (Å²) in [5.74, 6) is -3.39. The molecule has 1 unspecified atom stereocenters. The van der Waals surface area contributed by atoms with Crippen LogP contribution in [0.1, 0.15) is 19.8 Å². The summed E-state index contributed by atoms with van der Waals surface area (Å²) < 4.78 is 26.5. The molecule has 0 heterocycles. The van der Waals surface area contributed by atoms with E-state index in [1.807, 2.05) is 5.32 Å². The Morgan fingerprint density at radius 2 is 2.16 bits per heavy atom. The average Bonchev–Trinajstić information content (AvgIpc) is 2.32. The van der Waals surface area contributed by atoms with Crippen molar-refractivity contribution in [2.24, 2.45) is 5.73 Å². The molecule has 1 aromatic carbocycles. The van der Waals surface area contributed by atoms with Gasteiger partial charge in [-0.2, -0.15) is 0 Å². The molecule has 1 aromatic rings. The molecule has 0 aromatic heterocycles. The van der Waals surface area contributed by atoms with Gasteiger partial charge in [-0.05, 0) is 19.4 Å². The van der Waals surface area contributed by atoms with E-state index in [9.17, 15) is 23.7 Å². The van der Waals surface area contributed by atoms with Gasteiger partial charge >= 0.3 is 0 Å². The fourth-order valence-electron chi connectivity index (χ4n) is 1.37. The van der Waals surface area contributed by atoms with Gasteiger partial charge in [0.2, 0.25) is 5.91 Å². The first-order chi connectivity index (χ1) is 8.82. The van der Waals surface area contributed by atoms with E-state index in [4.69, 9.17) is 5.73 Å². The molecule has 0 aliphatic heterocycles. The highest BCUT2D eigenvalue weighted by molar-refractivity contribution is 5.93. The lowest BCUT2D eigenvalue weighted by molar-refractivity contribution is -0.384. The van der Waals surface area contributed by atoms with E-state index in [-0.39, 0.29) is 12.5 Å². The van der Waals surface area contributed by atoms with Crippen LogP contribution in [0.25, 0.3) is 0 Å². The van der Waals surface area contributed by atoms with E-state index in [1.165, 1.54) is 0 Å². The Labute approximate surface area is 107 Å². The van der Waals surface area contributed by atoms with E-state index in [2.05, 4.69) is 0 Å². The van der Waals surface area contributed by atoms with Crippen LogP contribution in [0.4, 0.5) is 20.2 Å². The molecule has 0 saturated carbocycles. The molecular weight excluding hydrogens is 260 g/mol. The summed E-state index contributed by atoms with van der Waals surface area (Å²) in [5, 5.41) is 12.7. The lowest BCUT2D eigenvalue weighted by Crippen LogP contribution is -2.20. The van der Waals surface area contributed by atoms with Crippen LogP contribution in [0.15, 0.2) is 12.1 Å². The van der Waals surface area contributed by atoms with Crippen molar-refractivity contribution in [3.63, 3.8) is 0 Å². The molecule has 1 atom stereocenters. The molecular formula is C11H13F2N3O3. The van der Waals surface area contributed by atoms with Crippen LogP contribution < -0.4 is 11.1 Å². The van der Waals surface area contributed by atoms with Crippen LogP contribution >= 0.6 is 0 Å². The number of rotatable bonds is 5. The second-order valence-corrected chi connectivity index (χ2v) is 4.08. The molecule has 6 nitrogen and oxygen atoms in total. The molecule has 1 rings (SSSR count).